The predicted molar refractivity (Wildman–Crippen MR) is 71.8 cm³/mol. The van der Waals surface area contributed by atoms with E-state index in [1.807, 2.05) is 0 Å². The zero-order chi connectivity index (χ0) is 16.3. The second kappa shape index (κ2) is 6.80. The Labute approximate surface area is 123 Å². The first-order valence-electron chi connectivity index (χ1n) is 6.77. The van der Waals surface area contributed by atoms with Gasteiger partial charge in [-0.1, -0.05) is 0 Å². The lowest BCUT2D eigenvalue weighted by Gasteiger charge is -2.30. The number of ketones is 1. The van der Waals surface area contributed by atoms with Crippen LogP contribution in [-0.4, -0.2) is 47.9 Å². The summed E-state index contributed by atoms with van der Waals surface area (Å²) in [4.78, 5) is 48.3. The number of ether oxygens (including phenoxy) is 2. The number of nitrogens with zero attached hydrogens (tertiary/aromatic N) is 1. The second-order valence-electron chi connectivity index (χ2n) is 5.34. The summed E-state index contributed by atoms with van der Waals surface area (Å²) >= 11 is 0. The fourth-order valence-electron chi connectivity index (χ4n) is 2.58. The summed E-state index contributed by atoms with van der Waals surface area (Å²) in [6, 6.07) is 0. The third kappa shape index (κ3) is 3.66. The van der Waals surface area contributed by atoms with E-state index in [0.717, 1.165) is 4.90 Å². The van der Waals surface area contributed by atoms with Crippen molar-refractivity contribution >= 4 is 23.6 Å². The van der Waals surface area contributed by atoms with Crippen LogP contribution in [0, 0.1) is 11.8 Å². The van der Waals surface area contributed by atoms with Gasteiger partial charge in [0.05, 0.1) is 13.2 Å². The maximum atomic E-state index is 12.0. The SMILES string of the molecule is COC(=O)C(C(C)=O)[C@H]1CC(=O)N(C(C)=O)[C@@H]1OC(C)C. The molecule has 3 atom stereocenters. The summed E-state index contributed by atoms with van der Waals surface area (Å²) in [6.45, 7) is 6.00. The Kier molecular flexibility index (Phi) is 5.60. The molecule has 1 fully saturated rings. The number of rotatable bonds is 5. The van der Waals surface area contributed by atoms with Gasteiger partial charge >= 0.3 is 5.97 Å². The topological polar surface area (TPSA) is 90.0 Å². The molecule has 0 aromatic rings. The molecular weight excluding hydrogens is 278 g/mol. The Balaban J connectivity index is 3.18. The van der Waals surface area contributed by atoms with Crippen LogP contribution in [0.3, 0.4) is 0 Å². The van der Waals surface area contributed by atoms with E-state index in [1.165, 1.54) is 21.0 Å². The molecular formula is C14H21NO6. The molecule has 7 nitrogen and oxygen atoms in total. The molecule has 0 bridgehead atoms. The number of carbonyl (C=O) groups excluding carboxylic acids is 4. The fourth-order valence-corrected chi connectivity index (χ4v) is 2.58. The highest BCUT2D eigenvalue weighted by Crippen LogP contribution is 2.34. The molecule has 0 aliphatic carbocycles. The van der Waals surface area contributed by atoms with E-state index < -0.39 is 41.6 Å². The summed E-state index contributed by atoms with van der Waals surface area (Å²) in [6.07, 6.45) is -1.30. The molecule has 21 heavy (non-hydrogen) atoms. The van der Waals surface area contributed by atoms with Crippen molar-refractivity contribution in [2.45, 2.75) is 46.4 Å². The molecule has 1 unspecified atom stereocenters. The standard InChI is InChI=1S/C14H21NO6/c1-7(2)21-13-10(6-11(18)15(13)9(4)17)12(8(3)16)14(19)20-5/h7,10,12-13H,6H2,1-5H3/t10-,12?,13-/m1/s1. The summed E-state index contributed by atoms with van der Waals surface area (Å²) < 4.78 is 10.3. The van der Waals surface area contributed by atoms with Gasteiger partial charge in [0.15, 0.2) is 0 Å². The van der Waals surface area contributed by atoms with E-state index in [0.29, 0.717) is 0 Å². The monoisotopic (exact) mass is 299 g/mol. The molecule has 1 heterocycles. The van der Waals surface area contributed by atoms with Gasteiger partial charge in [-0.3, -0.25) is 24.1 Å². The van der Waals surface area contributed by atoms with Crippen molar-refractivity contribution in [2.75, 3.05) is 7.11 Å². The number of amides is 2. The second-order valence-corrected chi connectivity index (χ2v) is 5.34. The first-order chi connectivity index (χ1) is 9.70. The molecule has 0 saturated carbocycles. The minimum atomic E-state index is -1.12. The molecule has 118 valence electrons. The Hall–Kier alpha value is -1.76. The van der Waals surface area contributed by atoms with Crippen LogP contribution < -0.4 is 0 Å². The number of Topliss-reactive ketones (excluding diaryl/α,β-unsaturated/α-hetero) is 1. The maximum Gasteiger partial charge on any atom is 0.316 e. The molecule has 0 spiro atoms. The lowest BCUT2D eigenvalue weighted by atomic mass is 9.87. The average Bonchev–Trinajstić information content (AvgIpc) is 2.64. The molecule has 0 aromatic carbocycles. The number of imide groups is 1. The zero-order valence-corrected chi connectivity index (χ0v) is 12.9. The van der Waals surface area contributed by atoms with Gasteiger partial charge in [0.2, 0.25) is 11.8 Å². The van der Waals surface area contributed by atoms with Crippen LogP contribution in [0.1, 0.15) is 34.1 Å². The normalized spacial score (nSPS) is 23.3. The average molecular weight is 299 g/mol. The Bertz CT molecular complexity index is 458. The minimum Gasteiger partial charge on any atom is -0.468 e. The Morgan fingerprint density at radius 3 is 2.19 bits per heavy atom. The van der Waals surface area contributed by atoms with Crippen LogP contribution in [0.4, 0.5) is 0 Å². The molecule has 0 aromatic heterocycles. The van der Waals surface area contributed by atoms with Gasteiger partial charge in [-0.2, -0.15) is 0 Å². The first-order valence-corrected chi connectivity index (χ1v) is 6.77. The molecule has 1 aliphatic heterocycles. The third-order valence-corrected chi connectivity index (χ3v) is 3.37. The number of likely N-dealkylation sites (tertiary alicyclic amines) is 1. The molecule has 7 heteroatoms. The Morgan fingerprint density at radius 1 is 1.24 bits per heavy atom. The van der Waals surface area contributed by atoms with Crippen LogP contribution in [-0.2, 0) is 28.7 Å². The summed E-state index contributed by atoms with van der Waals surface area (Å²) in [7, 11) is 1.18. The van der Waals surface area contributed by atoms with Crippen LogP contribution in [0.25, 0.3) is 0 Å². The van der Waals surface area contributed by atoms with E-state index in [9.17, 15) is 19.2 Å². The summed E-state index contributed by atoms with van der Waals surface area (Å²) in [5.41, 5.74) is 0. The van der Waals surface area contributed by atoms with Crippen LogP contribution in [0.15, 0.2) is 0 Å². The smallest absolute Gasteiger partial charge is 0.316 e. The highest BCUT2D eigenvalue weighted by Gasteiger charge is 2.50. The van der Waals surface area contributed by atoms with Crippen LogP contribution in [0.2, 0.25) is 0 Å². The van der Waals surface area contributed by atoms with E-state index >= 15 is 0 Å². The van der Waals surface area contributed by atoms with Crippen LogP contribution in [0.5, 0.6) is 0 Å². The van der Waals surface area contributed by atoms with Crippen molar-refractivity contribution in [3.05, 3.63) is 0 Å². The minimum absolute atomic E-state index is 0.101. The number of carbonyl (C=O) groups is 4. The van der Waals surface area contributed by atoms with E-state index in [2.05, 4.69) is 4.74 Å². The van der Waals surface area contributed by atoms with Gasteiger partial charge in [-0.25, -0.2) is 0 Å². The Morgan fingerprint density at radius 2 is 1.81 bits per heavy atom. The van der Waals surface area contributed by atoms with Crippen molar-refractivity contribution in [1.82, 2.24) is 4.90 Å². The highest BCUT2D eigenvalue weighted by molar-refractivity contribution is 6.01. The lowest BCUT2D eigenvalue weighted by molar-refractivity contribution is -0.166. The largest absolute Gasteiger partial charge is 0.468 e. The van der Waals surface area contributed by atoms with Gasteiger partial charge in [0, 0.05) is 19.3 Å². The van der Waals surface area contributed by atoms with E-state index in [1.54, 1.807) is 13.8 Å². The summed E-state index contributed by atoms with van der Waals surface area (Å²) in [5.74, 6) is -3.90. The van der Waals surface area contributed by atoms with Gasteiger partial charge in [0.25, 0.3) is 0 Å². The van der Waals surface area contributed by atoms with Gasteiger partial charge in [-0.05, 0) is 20.8 Å². The molecule has 0 N–H and O–H groups in total. The lowest BCUT2D eigenvalue weighted by Crippen LogP contribution is -2.45. The quantitative estimate of drug-likeness (QED) is 0.543. The number of hydrogen-bond donors (Lipinski definition) is 0. The molecule has 2 amide bonds. The predicted octanol–water partition coefficient (Wildman–Crippen LogP) is 0.511. The molecule has 0 radical (unpaired) electrons. The maximum absolute atomic E-state index is 12.0. The highest BCUT2D eigenvalue weighted by atomic mass is 16.5. The zero-order valence-electron chi connectivity index (χ0n) is 12.9. The van der Waals surface area contributed by atoms with E-state index in [-0.39, 0.29) is 12.5 Å². The van der Waals surface area contributed by atoms with Crippen molar-refractivity contribution in [3.63, 3.8) is 0 Å². The van der Waals surface area contributed by atoms with Crippen LogP contribution >= 0.6 is 0 Å². The van der Waals surface area contributed by atoms with Gasteiger partial charge < -0.3 is 9.47 Å². The summed E-state index contributed by atoms with van der Waals surface area (Å²) in [5, 5.41) is 0. The van der Waals surface area contributed by atoms with Crippen molar-refractivity contribution in [2.24, 2.45) is 11.8 Å². The van der Waals surface area contributed by atoms with Gasteiger partial charge in [0.1, 0.15) is 17.9 Å². The van der Waals surface area contributed by atoms with Crippen molar-refractivity contribution in [3.8, 4) is 0 Å². The molecule has 1 saturated heterocycles. The molecule has 1 rings (SSSR count). The van der Waals surface area contributed by atoms with Crippen molar-refractivity contribution < 1.29 is 28.7 Å². The third-order valence-electron chi connectivity index (χ3n) is 3.37. The van der Waals surface area contributed by atoms with E-state index in [4.69, 9.17) is 4.74 Å². The van der Waals surface area contributed by atoms with Gasteiger partial charge in [-0.15, -0.1) is 0 Å². The fraction of sp³-hybridized carbons (Fsp3) is 0.714. The molecule has 1 aliphatic rings. The first kappa shape index (κ1) is 17.3. The number of esters is 1. The van der Waals surface area contributed by atoms with Crippen molar-refractivity contribution in [1.29, 1.82) is 0 Å². The number of hydrogen-bond acceptors (Lipinski definition) is 6. The number of methoxy groups -OCH3 is 1.